The van der Waals surface area contributed by atoms with Crippen LogP contribution < -0.4 is 11.1 Å². The minimum Gasteiger partial charge on any atom is -0.330 e. The second-order valence-electron chi connectivity index (χ2n) is 5.20. The molecule has 0 spiro atoms. The van der Waals surface area contributed by atoms with Gasteiger partial charge in [0.15, 0.2) is 0 Å². The molecule has 0 amide bonds. The predicted molar refractivity (Wildman–Crippen MR) is 71.6 cm³/mol. The van der Waals surface area contributed by atoms with Crippen LogP contribution >= 0.6 is 0 Å². The Hall–Kier alpha value is -0.0800. The van der Waals surface area contributed by atoms with Crippen molar-refractivity contribution < 1.29 is 0 Å². The summed E-state index contributed by atoms with van der Waals surface area (Å²) in [5.74, 6) is 0. The quantitative estimate of drug-likeness (QED) is 0.493. The lowest BCUT2D eigenvalue weighted by molar-refractivity contribution is 0.448. The molecule has 0 unspecified atom stereocenters. The van der Waals surface area contributed by atoms with Gasteiger partial charge in [0.1, 0.15) is 0 Å². The molecule has 0 atom stereocenters. The Morgan fingerprint density at radius 1 is 0.812 bits per heavy atom. The average molecular weight is 226 g/mol. The second kappa shape index (κ2) is 10.1. The molecule has 0 bridgehead atoms. The van der Waals surface area contributed by atoms with Gasteiger partial charge in [0.25, 0.3) is 0 Å². The molecule has 2 heteroatoms. The van der Waals surface area contributed by atoms with Gasteiger partial charge in [0.05, 0.1) is 0 Å². The van der Waals surface area contributed by atoms with Crippen LogP contribution in [-0.4, -0.2) is 19.1 Å². The zero-order chi connectivity index (χ0) is 11.5. The molecule has 0 aromatic carbocycles. The van der Waals surface area contributed by atoms with Gasteiger partial charge >= 0.3 is 0 Å². The van der Waals surface area contributed by atoms with E-state index in [0.717, 1.165) is 12.6 Å². The lowest BCUT2D eigenvalue weighted by atomic mass is 10.1. The molecule has 1 saturated carbocycles. The summed E-state index contributed by atoms with van der Waals surface area (Å²) in [6, 6.07) is 0.826. The molecule has 0 saturated heterocycles. The standard InChI is InChI=1S/C14H30N2/c15-12-8-4-1-5-9-13-16-14-10-6-2-3-7-11-14/h14,16H,1-13,15H2. The highest BCUT2D eigenvalue weighted by Crippen LogP contribution is 2.17. The van der Waals surface area contributed by atoms with E-state index in [-0.39, 0.29) is 0 Å². The SMILES string of the molecule is NCCCCCCCNC1CCCCCC1. The highest BCUT2D eigenvalue weighted by atomic mass is 14.9. The zero-order valence-corrected chi connectivity index (χ0v) is 10.8. The Morgan fingerprint density at radius 2 is 1.44 bits per heavy atom. The molecule has 96 valence electrons. The van der Waals surface area contributed by atoms with E-state index in [4.69, 9.17) is 5.73 Å². The summed E-state index contributed by atoms with van der Waals surface area (Å²) in [6.07, 6.45) is 15.2. The Kier molecular flexibility index (Phi) is 8.83. The summed E-state index contributed by atoms with van der Waals surface area (Å²) in [4.78, 5) is 0. The Bertz CT molecular complexity index is 140. The van der Waals surface area contributed by atoms with E-state index in [1.807, 2.05) is 0 Å². The van der Waals surface area contributed by atoms with E-state index in [2.05, 4.69) is 5.32 Å². The van der Waals surface area contributed by atoms with Crippen molar-refractivity contribution in [2.45, 2.75) is 76.7 Å². The zero-order valence-electron chi connectivity index (χ0n) is 10.8. The van der Waals surface area contributed by atoms with Crippen LogP contribution in [0, 0.1) is 0 Å². The summed E-state index contributed by atoms with van der Waals surface area (Å²) in [6.45, 7) is 2.09. The number of rotatable bonds is 8. The van der Waals surface area contributed by atoms with Gasteiger partial charge in [-0.15, -0.1) is 0 Å². The van der Waals surface area contributed by atoms with Gasteiger partial charge in [0.2, 0.25) is 0 Å². The van der Waals surface area contributed by atoms with Crippen LogP contribution in [0.5, 0.6) is 0 Å². The van der Waals surface area contributed by atoms with Crippen molar-refractivity contribution in [3.63, 3.8) is 0 Å². The van der Waals surface area contributed by atoms with E-state index in [9.17, 15) is 0 Å². The second-order valence-corrected chi connectivity index (χ2v) is 5.20. The molecule has 0 radical (unpaired) electrons. The summed E-state index contributed by atoms with van der Waals surface area (Å²) in [5.41, 5.74) is 5.47. The van der Waals surface area contributed by atoms with Gasteiger partial charge in [-0.3, -0.25) is 0 Å². The smallest absolute Gasteiger partial charge is 0.00670 e. The van der Waals surface area contributed by atoms with Crippen LogP contribution in [0.3, 0.4) is 0 Å². The lowest BCUT2D eigenvalue weighted by Crippen LogP contribution is -2.29. The molecule has 16 heavy (non-hydrogen) atoms. The molecule has 0 heterocycles. The fraction of sp³-hybridized carbons (Fsp3) is 1.00. The molecular weight excluding hydrogens is 196 g/mol. The molecule has 1 aliphatic carbocycles. The summed E-state index contributed by atoms with van der Waals surface area (Å²) in [7, 11) is 0. The predicted octanol–water partition coefficient (Wildman–Crippen LogP) is 3.21. The fourth-order valence-electron chi connectivity index (χ4n) is 2.59. The van der Waals surface area contributed by atoms with Crippen molar-refractivity contribution in [1.82, 2.24) is 5.32 Å². The topological polar surface area (TPSA) is 38.0 Å². The molecule has 3 N–H and O–H groups in total. The van der Waals surface area contributed by atoms with Crippen molar-refractivity contribution in [3.8, 4) is 0 Å². The van der Waals surface area contributed by atoms with Crippen LogP contribution in [-0.2, 0) is 0 Å². The Labute approximate surface area is 101 Å². The van der Waals surface area contributed by atoms with E-state index < -0.39 is 0 Å². The van der Waals surface area contributed by atoms with E-state index in [1.54, 1.807) is 0 Å². The molecule has 2 nitrogen and oxygen atoms in total. The third-order valence-corrected chi connectivity index (χ3v) is 3.67. The van der Waals surface area contributed by atoms with Crippen molar-refractivity contribution in [2.24, 2.45) is 5.73 Å². The van der Waals surface area contributed by atoms with Gasteiger partial charge < -0.3 is 11.1 Å². The van der Waals surface area contributed by atoms with Crippen molar-refractivity contribution >= 4 is 0 Å². The minimum atomic E-state index is 0.826. The van der Waals surface area contributed by atoms with Crippen molar-refractivity contribution in [2.75, 3.05) is 13.1 Å². The number of hydrogen-bond acceptors (Lipinski definition) is 2. The molecule has 1 aliphatic rings. The first-order chi connectivity index (χ1) is 7.93. The molecule has 0 aromatic rings. The monoisotopic (exact) mass is 226 g/mol. The largest absolute Gasteiger partial charge is 0.330 e. The Balaban J connectivity index is 1.86. The summed E-state index contributed by atoms with van der Waals surface area (Å²) >= 11 is 0. The lowest BCUT2D eigenvalue weighted by Gasteiger charge is -2.15. The van der Waals surface area contributed by atoms with Gasteiger partial charge in [0, 0.05) is 6.04 Å². The number of nitrogens with one attached hydrogen (secondary N) is 1. The minimum absolute atomic E-state index is 0.826. The first-order valence-electron chi connectivity index (χ1n) is 7.37. The van der Waals surface area contributed by atoms with E-state index in [0.29, 0.717) is 0 Å². The molecular formula is C14H30N2. The maximum Gasteiger partial charge on any atom is 0.00670 e. The van der Waals surface area contributed by atoms with E-state index >= 15 is 0 Å². The van der Waals surface area contributed by atoms with Crippen molar-refractivity contribution in [3.05, 3.63) is 0 Å². The van der Waals surface area contributed by atoms with Gasteiger partial charge in [-0.1, -0.05) is 44.9 Å². The summed E-state index contributed by atoms with van der Waals surface area (Å²) in [5, 5.41) is 3.73. The fourth-order valence-corrected chi connectivity index (χ4v) is 2.59. The van der Waals surface area contributed by atoms with Crippen molar-refractivity contribution in [1.29, 1.82) is 0 Å². The average Bonchev–Trinajstić information content (AvgIpc) is 2.56. The molecule has 1 rings (SSSR count). The van der Waals surface area contributed by atoms with Gasteiger partial charge in [-0.2, -0.15) is 0 Å². The van der Waals surface area contributed by atoms with Crippen LogP contribution in [0.25, 0.3) is 0 Å². The maximum atomic E-state index is 5.47. The van der Waals surface area contributed by atoms with Crippen LogP contribution in [0.1, 0.15) is 70.6 Å². The van der Waals surface area contributed by atoms with Gasteiger partial charge in [-0.25, -0.2) is 0 Å². The van der Waals surface area contributed by atoms with Gasteiger partial charge in [-0.05, 0) is 38.8 Å². The van der Waals surface area contributed by atoms with Crippen LogP contribution in [0.15, 0.2) is 0 Å². The maximum absolute atomic E-state index is 5.47. The number of unbranched alkanes of at least 4 members (excludes halogenated alkanes) is 4. The summed E-state index contributed by atoms with van der Waals surface area (Å²) < 4.78 is 0. The normalized spacial score (nSPS) is 18.6. The molecule has 0 aliphatic heterocycles. The molecule has 1 fully saturated rings. The Morgan fingerprint density at radius 3 is 2.12 bits per heavy atom. The number of nitrogens with two attached hydrogens (primary N) is 1. The third kappa shape index (κ3) is 7.24. The van der Waals surface area contributed by atoms with E-state index in [1.165, 1.54) is 77.2 Å². The van der Waals surface area contributed by atoms with Crippen LogP contribution in [0.4, 0.5) is 0 Å². The first-order valence-corrected chi connectivity index (χ1v) is 7.37. The molecule has 0 aromatic heterocycles. The van der Waals surface area contributed by atoms with Crippen LogP contribution in [0.2, 0.25) is 0 Å². The number of hydrogen-bond donors (Lipinski definition) is 2. The first kappa shape index (κ1) is 14.0. The third-order valence-electron chi connectivity index (χ3n) is 3.67. The highest BCUT2D eigenvalue weighted by molar-refractivity contribution is 4.70. The highest BCUT2D eigenvalue weighted by Gasteiger charge is 2.10.